The summed E-state index contributed by atoms with van der Waals surface area (Å²) in [6.45, 7) is 3.87. The highest BCUT2D eigenvalue weighted by Gasteiger charge is 2.07. The summed E-state index contributed by atoms with van der Waals surface area (Å²) in [6, 6.07) is 1.19. The Balaban J connectivity index is 2.50. The number of carbonyl (C=O) groups excluding carboxylic acids is 1. The summed E-state index contributed by atoms with van der Waals surface area (Å²) >= 11 is 0. The zero-order chi connectivity index (χ0) is 9.84. The highest BCUT2D eigenvalue weighted by atomic mass is 16.5. The normalized spacial score (nSPS) is 10.4. The molecule has 0 unspecified atom stereocenters. The number of aromatic amines is 1. The monoisotopic (exact) mass is 184 g/mol. The number of carbonyl (C=O) groups is 1. The molecule has 1 amide bonds. The molecule has 0 spiro atoms. The van der Waals surface area contributed by atoms with Gasteiger partial charge in [-0.2, -0.15) is 5.16 Å². The quantitative estimate of drug-likeness (QED) is 0.734. The van der Waals surface area contributed by atoms with E-state index in [4.69, 9.17) is 0 Å². The van der Waals surface area contributed by atoms with Gasteiger partial charge in [0.2, 0.25) is 11.8 Å². The molecule has 1 heterocycles. The first-order chi connectivity index (χ1) is 6.08. The van der Waals surface area contributed by atoms with Gasteiger partial charge in [0.05, 0.1) is 6.07 Å². The average molecular weight is 184 g/mol. The molecule has 0 aromatic carbocycles. The number of aromatic nitrogens is 1. The van der Waals surface area contributed by atoms with Crippen LogP contribution in [0, 0.1) is 5.92 Å². The molecule has 5 heteroatoms. The van der Waals surface area contributed by atoms with E-state index in [1.54, 1.807) is 0 Å². The lowest BCUT2D eigenvalue weighted by molar-refractivity contribution is -0.116. The highest BCUT2D eigenvalue weighted by molar-refractivity contribution is 5.89. The molecular formula is C8H12N2O3. The van der Waals surface area contributed by atoms with Gasteiger partial charge in [-0.25, -0.2) is 0 Å². The van der Waals surface area contributed by atoms with Gasteiger partial charge in [0.1, 0.15) is 0 Å². The maximum atomic E-state index is 11.1. The van der Waals surface area contributed by atoms with E-state index in [1.807, 2.05) is 13.8 Å². The van der Waals surface area contributed by atoms with Crippen LogP contribution in [-0.4, -0.2) is 11.1 Å². The standard InChI is InChI=1S/C8H12N2O3/c1-5(2)3-6(11)9-8-4-7(12)10-13-8/h4-5H,3H2,1-2H3,(H,9,11)(H,10,12). The molecule has 2 N–H and O–H groups in total. The Labute approximate surface area is 75.1 Å². The fourth-order valence-electron chi connectivity index (χ4n) is 0.904. The summed E-state index contributed by atoms with van der Waals surface area (Å²) in [5.41, 5.74) is -0.361. The minimum Gasteiger partial charge on any atom is -0.361 e. The Morgan fingerprint density at radius 2 is 2.38 bits per heavy atom. The number of hydrogen-bond acceptors (Lipinski definition) is 3. The molecule has 0 fully saturated rings. The van der Waals surface area contributed by atoms with Crippen molar-refractivity contribution in [2.24, 2.45) is 5.92 Å². The van der Waals surface area contributed by atoms with Gasteiger partial charge in [-0.1, -0.05) is 13.8 Å². The van der Waals surface area contributed by atoms with Crippen molar-refractivity contribution in [2.75, 3.05) is 5.32 Å². The fraction of sp³-hybridized carbons (Fsp3) is 0.500. The third-order valence-corrected chi connectivity index (χ3v) is 1.38. The zero-order valence-corrected chi connectivity index (χ0v) is 7.59. The van der Waals surface area contributed by atoms with Gasteiger partial charge in [0.15, 0.2) is 0 Å². The summed E-state index contributed by atoms with van der Waals surface area (Å²) < 4.78 is 4.65. The Bertz CT molecular complexity index is 337. The predicted molar refractivity (Wildman–Crippen MR) is 47.4 cm³/mol. The van der Waals surface area contributed by atoms with Crippen LogP contribution < -0.4 is 10.9 Å². The number of H-pyrrole nitrogens is 1. The molecule has 72 valence electrons. The zero-order valence-electron chi connectivity index (χ0n) is 7.59. The van der Waals surface area contributed by atoms with E-state index in [0.717, 1.165) is 0 Å². The maximum absolute atomic E-state index is 11.1. The predicted octanol–water partition coefficient (Wildman–Crippen LogP) is 0.952. The first kappa shape index (κ1) is 9.57. The Kier molecular flexibility index (Phi) is 2.89. The molecule has 0 aliphatic heterocycles. The number of rotatable bonds is 3. The maximum Gasteiger partial charge on any atom is 0.282 e. The van der Waals surface area contributed by atoms with Crippen LogP contribution in [0.4, 0.5) is 5.88 Å². The van der Waals surface area contributed by atoms with Gasteiger partial charge < -0.3 is 4.52 Å². The van der Waals surface area contributed by atoms with E-state index < -0.39 is 0 Å². The summed E-state index contributed by atoms with van der Waals surface area (Å²) in [6.07, 6.45) is 0.412. The Hall–Kier alpha value is -1.52. The molecule has 1 aromatic heterocycles. The van der Waals surface area contributed by atoms with Gasteiger partial charge in [0, 0.05) is 6.42 Å². The molecule has 1 rings (SSSR count). The highest BCUT2D eigenvalue weighted by Crippen LogP contribution is 2.04. The topological polar surface area (TPSA) is 75.1 Å². The molecule has 13 heavy (non-hydrogen) atoms. The lowest BCUT2D eigenvalue weighted by Gasteiger charge is -2.02. The molecule has 0 saturated carbocycles. The van der Waals surface area contributed by atoms with E-state index in [2.05, 4.69) is 15.0 Å². The minimum absolute atomic E-state index is 0.155. The largest absolute Gasteiger partial charge is 0.361 e. The van der Waals surface area contributed by atoms with Crippen molar-refractivity contribution in [2.45, 2.75) is 20.3 Å². The first-order valence-electron chi connectivity index (χ1n) is 4.06. The van der Waals surface area contributed by atoms with E-state index in [0.29, 0.717) is 6.42 Å². The van der Waals surface area contributed by atoms with Crippen LogP contribution in [0.1, 0.15) is 20.3 Å². The second-order valence-electron chi connectivity index (χ2n) is 3.22. The summed E-state index contributed by atoms with van der Waals surface area (Å²) in [4.78, 5) is 21.7. The van der Waals surface area contributed by atoms with Crippen LogP contribution in [-0.2, 0) is 4.79 Å². The molecule has 0 bridgehead atoms. The van der Waals surface area contributed by atoms with E-state index in [-0.39, 0.29) is 23.3 Å². The van der Waals surface area contributed by atoms with E-state index >= 15 is 0 Å². The summed E-state index contributed by atoms with van der Waals surface area (Å²) in [5, 5.41) is 4.54. The van der Waals surface area contributed by atoms with Crippen molar-refractivity contribution in [3.63, 3.8) is 0 Å². The second kappa shape index (κ2) is 3.93. The SMILES string of the molecule is CC(C)CC(=O)Nc1cc(=O)[nH]o1. The number of nitrogens with one attached hydrogen (secondary N) is 2. The molecule has 1 aromatic rings. The van der Waals surface area contributed by atoms with Crippen molar-refractivity contribution >= 4 is 11.8 Å². The Morgan fingerprint density at radius 3 is 2.85 bits per heavy atom. The molecule has 0 atom stereocenters. The number of hydrogen-bond donors (Lipinski definition) is 2. The van der Waals surface area contributed by atoms with Crippen LogP contribution in [0.5, 0.6) is 0 Å². The van der Waals surface area contributed by atoms with Crippen LogP contribution in [0.2, 0.25) is 0 Å². The molecule has 5 nitrogen and oxygen atoms in total. The van der Waals surface area contributed by atoms with Gasteiger partial charge in [0.25, 0.3) is 5.56 Å². The van der Waals surface area contributed by atoms with Crippen molar-refractivity contribution in [1.82, 2.24) is 5.16 Å². The summed E-state index contributed by atoms with van der Waals surface area (Å²) in [7, 11) is 0. The number of anilines is 1. The number of amides is 1. The van der Waals surface area contributed by atoms with Gasteiger partial charge in [-0.15, -0.1) is 0 Å². The summed E-state index contributed by atoms with van der Waals surface area (Å²) in [5.74, 6) is 0.291. The molecular weight excluding hydrogens is 172 g/mol. The van der Waals surface area contributed by atoms with Gasteiger partial charge in [-0.05, 0) is 5.92 Å². The lowest BCUT2D eigenvalue weighted by Crippen LogP contribution is -2.13. The van der Waals surface area contributed by atoms with Crippen molar-refractivity contribution in [3.05, 3.63) is 16.4 Å². The van der Waals surface area contributed by atoms with Gasteiger partial charge in [-0.3, -0.25) is 14.9 Å². The van der Waals surface area contributed by atoms with Crippen LogP contribution in [0.25, 0.3) is 0 Å². The minimum atomic E-state index is -0.361. The van der Waals surface area contributed by atoms with Crippen LogP contribution >= 0.6 is 0 Å². The Morgan fingerprint density at radius 1 is 1.69 bits per heavy atom. The van der Waals surface area contributed by atoms with Crippen molar-refractivity contribution in [1.29, 1.82) is 0 Å². The first-order valence-corrected chi connectivity index (χ1v) is 4.06. The molecule has 0 radical (unpaired) electrons. The van der Waals surface area contributed by atoms with Crippen LogP contribution in [0.15, 0.2) is 15.4 Å². The second-order valence-corrected chi connectivity index (χ2v) is 3.22. The third kappa shape index (κ3) is 3.14. The van der Waals surface area contributed by atoms with E-state index in [9.17, 15) is 9.59 Å². The van der Waals surface area contributed by atoms with Crippen LogP contribution in [0.3, 0.4) is 0 Å². The third-order valence-electron chi connectivity index (χ3n) is 1.38. The van der Waals surface area contributed by atoms with Crippen molar-refractivity contribution < 1.29 is 9.32 Å². The lowest BCUT2D eigenvalue weighted by atomic mass is 10.1. The molecule has 0 aliphatic carbocycles. The average Bonchev–Trinajstić information content (AvgIpc) is 2.33. The smallest absolute Gasteiger partial charge is 0.282 e. The molecule has 0 saturated heterocycles. The molecule has 0 aliphatic rings. The van der Waals surface area contributed by atoms with E-state index in [1.165, 1.54) is 6.07 Å². The van der Waals surface area contributed by atoms with Crippen molar-refractivity contribution in [3.8, 4) is 0 Å². The fourth-order valence-corrected chi connectivity index (χ4v) is 0.904. The van der Waals surface area contributed by atoms with Gasteiger partial charge >= 0.3 is 0 Å².